The van der Waals surface area contributed by atoms with Crippen molar-refractivity contribution in [3.63, 3.8) is 0 Å². The summed E-state index contributed by atoms with van der Waals surface area (Å²) in [5, 5.41) is 14.3. The van der Waals surface area contributed by atoms with Crippen molar-refractivity contribution in [3.8, 4) is 0 Å². The van der Waals surface area contributed by atoms with Gasteiger partial charge >= 0.3 is 0 Å². The second kappa shape index (κ2) is 12.1. The van der Waals surface area contributed by atoms with Crippen molar-refractivity contribution < 1.29 is 18.3 Å². The van der Waals surface area contributed by atoms with Crippen molar-refractivity contribution in [2.75, 3.05) is 43.6 Å². The summed E-state index contributed by atoms with van der Waals surface area (Å²) in [5.74, 6) is -1.55. The van der Waals surface area contributed by atoms with Gasteiger partial charge in [0.1, 0.15) is 24.0 Å². The molecule has 0 aliphatic carbocycles. The molecule has 2 fully saturated rings. The number of piperazine rings is 1. The Balaban J connectivity index is 1.23. The van der Waals surface area contributed by atoms with E-state index in [1.807, 2.05) is 61.2 Å². The Bertz CT molecular complexity index is 1550. The minimum atomic E-state index is -0.588. The van der Waals surface area contributed by atoms with E-state index in [4.69, 9.17) is 9.84 Å². The molecule has 0 saturated carbocycles. The lowest BCUT2D eigenvalue weighted by atomic mass is 9.92. The molecule has 1 aromatic heterocycles. The van der Waals surface area contributed by atoms with Gasteiger partial charge in [-0.05, 0) is 73.8 Å². The Morgan fingerprint density at radius 1 is 1.02 bits per heavy atom. The standard InChI is InChI=1S/C32H36F2N6O2/c1-21(23-16-25(33)18-26(34)17-23)22-10-11-29-24(15-22)19-35-40(29)39-13-12-38(2)20-30(39)37-32(41)27-7-3-4-8-28(27)36-31-9-5-6-14-42-31/h3-4,7-8,10-11,15-19,21,30-31,36H,5-6,9,12-14,20H2,1-2H3,(H,37,41). The average molecular weight is 575 g/mol. The fourth-order valence-corrected chi connectivity index (χ4v) is 5.85. The van der Waals surface area contributed by atoms with Gasteiger partial charge in [0.2, 0.25) is 0 Å². The van der Waals surface area contributed by atoms with Crippen LogP contribution in [-0.4, -0.2) is 66.4 Å². The van der Waals surface area contributed by atoms with E-state index in [0.717, 1.165) is 60.6 Å². The van der Waals surface area contributed by atoms with E-state index in [-0.39, 0.29) is 24.2 Å². The minimum Gasteiger partial charge on any atom is -0.359 e. The van der Waals surface area contributed by atoms with Crippen LogP contribution in [0.15, 0.2) is 66.9 Å². The van der Waals surface area contributed by atoms with Gasteiger partial charge in [-0.2, -0.15) is 9.89 Å². The summed E-state index contributed by atoms with van der Waals surface area (Å²) in [4.78, 5) is 17.7. The first-order valence-electron chi connectivity index (χ1n) is 14.5. The second-order valence-electron chi connectivity index (χ2n) is 11.2. The molecule has 2 saturated heterocycles. The third-order valence-electron chi connectivity index (χ3n) is 8.22. The Morgan fingerprint density at radius 3 is 2.62 bits per heavy atom. The maximum Gasteiger partial charge on any atom is 0.255 e. The van der Waals surface area contributed by atoms with Crippen LogP contribution in [0.3, 0.4) is 0 Å². The number of halogens is 2. The molecule has 2 N–H and O–H groups in total. The van der Waals surface area contributed by atoms with Crippen LogP contribution in [0.1, 0.15) is 53.6 Å². The van der Waals surface area contributed by atoms with Crippen molar-refractivity contribution in [2.45, 2.75) is 44.5 Å². The van der Waals surface area contributed by atoms with Gasteiger partial charge in [-0.1, -0.05) is 25.1 Å². The molecule has 2 aliphatic rings. The van der Waals surface area contributed by atoms with E-state index in [0.29, 0.717) is 24.2 Å². The summed E-state index contributed by atoms with van der Waals surface area (Å²) in [5.41, 5.74) is 3.71. The van der Waals surface area contributed by atoms with E-state index >= 15 is 0 Å². The van der Waals surface area contributed by atoms with E-state index in [9.17, 15) is 13.6 Å². The number of amides is 1. The topological polar surface area (TPSA) is 74.7 Å². The maximum absolute atomic E-state index is 13.9. The number of likely N-dealkylation sites (N-methyl/N-ethyl adjacent to an activating group) is 1. The van der Waals surface area contributed by atoms with Crippen LogP contribution < -0.4 is 15.6 Å². The summed E-state index contributed by atoms with van der Waals surface area (Å²) >= 11 is 0. The number of nitrogens with one attached hydrogen (secondary N) is 2. The molecule has 0 spiro atoms. The number of nitrogens with zero attached hydrogens (tertiary/aromatic N) is 4. The first-order valence-corrected chi connectivity index (χ1v) is 14.5. The molecule has 3 heterocycles. The highest BCUT2D eigenvalue weighted by Crippen LogP contribution is 2.29. The highest BCUT2D eigenvalue weighted by atomic mass is 19.1. The number of carbonyl (C=O) groups excluding carboxylic acids is 1. The van der Waals surface area contributed by atoms with Crippen molar-refractivity contribution in [1.29, 1.82) is 0 Å². The molecule has 3 aromatic carbocycles. The predicted octanol–water partition coefficient (Wildman–Crippen LogP) is 5.04. The molecular weight excluding hydrogens is 538 g/mol. The number of benzene rings is 3. The van der Waals surface area contributed by atoms with E-state index in [1.54, 1.807) is 6.20 Å². The number of aromatic nitrogens is 2. The molecule has 10 heteroatoms. The van der Waals surface area contributed by atoms with Gasteiger partial charge in [0, 0.05) is 42.8 Å². The third-order valence-corrected chi connectivity index (χ3v) is 8.22. The van der Waals surface area contributed by atoms with E-state index < -0.39 is 11.6 Å². The number of hydrogen-bond donors (Lipinski definition) is 2. The Morgan fingerprint density at radius 2 is 1.83 bits per heavy atom. The summed E-state index contributed by atoms with van der Waals surface area (Å²) < 4.78 is 33.6. The fourth-order valence-electron chi connectivity index (χ4n) is 5.85. The van der Waals surface area contributed by atoms with Gasteiger partial charge in [0.25, 0.3) is 5.91 Å². The summed E-state index contributed by atoms with van der Waals surface area (Å²) in [6, 6.07) is 17.1. The molecule has 0 bridgehead atoms. The lowest BCUT2D eigenvalue weighted by Crippen LogP contribution is -2.63. The fraction of sp³-hybridized carbons (Fsp3) is 0.375. The number of rotatable bonds is 7. The first-order chi connectivity index (χ1) is 20.4. The number of para-hydroxylation sites is 1. The molecule has 1 amide bonds. The van der Waals surface area contributed by atoms with Crippen LogP contribution >= 0.6 is 0 Å². The SMILES string of the molecule is CC(c1cc(F)cc(F)c1)c1ccc2c(cnn2N2CCN(C)CC2NC(=O)c2ccccc2NC2CCCCO2)c1. The minimum absolute atomic E-state index is 0.104. The monoisotopic (exact) mass is 574 g/mol. The molecule has 3 atom stereocenters. The Hall–Kier alpha value is -4.02. The van der Waals surface area contributed by atoms with Crippen LogP contribution in [0.2, 0.25) is 0 Å². The van der Waals surface area contributed by atoms with Crippen LogP contribution in [0.5, 0.6) is 0 Å². The molecule has 220 valence electrons. The van der Waals surface area contributed by atoms with Crippen LogP contribution in [0, 0.1) is 11.6 Å². The molecule has 8 nitrogen and oxygen atoms in total. The summed E-state index contributed by atoms with van der Waals surface area (Å²) in [7, 11) is 2.04. The van der Waals surface area contributed by atoms with E-state index in [1.165, 1.54) is 12.1 Å². The normalized spacial score (nSPS) is 20.4. The summed E-state index contributed by atoms with van der Waals surface area (Å²) in [6.45, 7) is 4.74. The molecule has 0 radical (unpaired) electrons. The molecular formula is C32H36F2N6O2. The number of carbonyl (C=O) groups is 1. The number of hydrogen-bond acceptors (Lipinski definition) is 6. The Labute approximate surface area is 244 Å². The molecule has 2 aliphatic heterocycles. The third kappa shape index (κ3) is 5.96. The quantitative estimate of drug-likeness (QED) is 0.322. The van der Waals surface area contributed by atoms with Crippen LogP contribution in [0.4, 0.5) is 14.5 Å². The van der Waals surface area contributed by atoms with Gasteiger partial charge < -0.3 is 20.3 Å². The zero-order chi connectivity index (χ0) is 29.2. The van der Waals surface area contributed by atoms with Gasteiger partial charge in [0.05, 0.1) is 23.8 Å². The summed E-state index contributed by atoms with van der Waals surface area (Å²) in [6.07, 6.45) is 4.42. The van der Waals surface area contributed by atoms with Gasteiger partial charge in [-0.15, -0.1) is 0 Å². The predicted molar refractivity (Wildman–Crippen MR) is 159 cm³/mol. The Kier molecular flexibility index (Phi) is 8.08. The average Bonchev–Trinajstić information content (AvgIpc) is 3.40. The van der Waals surface area contributed by atoms with E-state index in [2.05, 4.69) is 20.5 Å². The highest BCUT2D eigenvalue weighted by molar-refractivity contribution is 6.00. The molecule has 4 aromatic rings. The largest absolute Gasteiger partial charge is 0.359 e. The zero-order valence-corrected chi connectivity index (χ0v) is 23.9. The first kappa shape index (κ1) is 28.1. The molecule has 3 unspecified atom stereocenters. The van der Waals surface area contributed by atoms with Crippen molar-refractivity contribution in [3.05, 3.63) is 95.2 Å². The molecule has 42 heavy (non-hydrogen) atoms. The zero-order valence-electron chi connectivity index (χ0n) is 23.9. The number of anilines is 1. The van der Waals surface area contributed by atoms with Gasteiger partial charge in [0.15, 0.2) is 0 Å². The van der Waals surface area contributed by atoms with Crippen molar-refractivity contribution in [2.24, 2.45) is 0 Å². The van der Waals surface area contributed by atoms with Crippen LogP contribution in [-0.2, 0) is 4.74 Å². The van der Waals surface area contributed by atoms with Crippen molar-refractivity contribution >= 4 is 22.5 Å². The van der Waals surface area contributed by atoms with Crippen molar-refractivity contribution in [1.82, 2.24) is 20.1 Å². The van der Waals surface area contributed by atoms with Crippen LogP contribution in [0.25, 0.3) is 10.9 Å². The highest BCUT2D eigenvalue weighted by Gasteiger charge is 2.30. The second-order valence-corrected chi connectivity index (χ2v) is 11.2. The number of fused-ring (bicyclic) bond motifs is 1. The smallest absolute Gasteiger partial charge is 0.255 e. The number of ether oxygens (including phenoxy) is 1. The van der Waals surface area contributed by atoms with Gasteiger partial charge in [-0.25, -0.2) is 8.78 Å². The maximum atomic E-state index is 13.9. The lowest BCUT2D eigenvalue weighted by Gasteiger charge is -2.41. The molecule has 6 rings (SSSR count). The lowest BCUT2D eigenvalue weighted by molar-refractivity contribution is 0.0343. The van der Waals surface area contributed by atoms with Gasteiger partial charge in [-0.3, -0.25) is 9.80 Å².